The highest BCUT2D eigenvalue weighted by Crippen LogP contribution is 2.35. The highest BCUT2D eigenvalue weighted by Gasteiger charge is 2.43. The summed E-state index contributed by atoms with van der Waals surface area (Å²) in [5.41, 5.74) is 0. The van der Waals surface area contributed by atoms with Gasteiger partial charge >= 0.3 is 6.18 Å². The number of nitrogens with zero attached hydrogens (tertiary/aromatic N) is 2. The molecule has 112 valence electrons. The predicted molar refractivity (Wildman–Crippen MR) is 61.7 cm³/mol. The van der Waals surface area contributed by atoms with Crippen molar-refractivity contribution in [3.63, 3.8) is 0 Å². The second-order valence-corrected chi connectivity index (χ2v) is 6.36. The van der Waals surface area contributed by atoms with Gasteiger partial charge in [0.1, 0.15) is 0 Å². The van der Waals surface area contributed by atoms with E-state index >= 15 is 0 Å². The third-order valence-electron chi connectivity index (χ3n) is 3.23. The summed E-state index contributed by atoms with van der Waals surface area (Å²) in [4.78, 5) is 3.47. The van der Waals surface area contributed by atoms with Gasteiger partial charge in [-0.2, -0.15) is 17.5 Å². The Kier molecular flexibility index (Phi) is 4.01. The van der Waals surface area contributed by atoms with Crippen LogP contribution in [-0.2, 0) is 10.0 Å². The van der Waals surface area contributed by atoms with E-state index in [1.54, 1.807) is 0 Å². The van der Waals surface area contributed by atoms with Crippen molar-refractivity contribution in [1.82, 2.24) is 9.29 Å². The fourth-order valence-corrected chi connectivity index (χ4v) is 3.55. The van der Waals surface area contributed by atoms with E-state index in [1.165, 1.54) is 6.07 Å². The molecule has 0 saturated carbocycles. The van der Waals surface area contributed by atoms with Crippen LogP contribution in [0.4, 0.5) is 17.6 Å². The van der Waals surface area contributed by atoms with E-state index in [9.17, 15) is 26.0 Å². The summed E-state index contributed by atoms with van der Waals surface area (Å²) < 4.78 is 76.1. The van der Waals surface area contributed by atoms with Gasteiger partial charge in [0.2, 0.25) is 5.03 Å². The van der Waals surface area contributed by atoms with E-state index in [0.717, 1.165) is 16.6 Å². The smallest absolute Gasteiger partial charge is 0.241 e. The van der Waals surface area contributed by atoms with Gasteiger partial charge in [0.15, 0.2) is 5.82 Å². The Morgan fingerprint density at radius 2 is 1.85 bits per heavy atom. The lowest BCUT2D eigenvalue weighted by atomic mass is 9.98. The summed E-state index contributed by atoms with van der Waals surface area (Å²) in [6.45, 7) is -0.578. The van der Waals surface area contributed by atoms with Gasteiger partial charge in [0, 0.05) is 19.3 Å². The first-order valence-corrected chi connectivity index (χ1v) is 7.34. The minimum atomic E-state index is -4.33. The third kappa shape index (κ3) is 2.93. The Labute approximate surface area is 113 Å². The van der Waals surface area contributed by atoms with E-state index in [2.05, 4.69) is 4.98 Å². The van der Waals surface area contributed by atoms with Crippen LogP contribution >= 0.6 is 0 Å². The van der Waals surface area contributed by atoms with Crippen LogP contribution in [0, 0.1) is 11.7 Å². The molecule has 0 bridgehead atoms. The van der Waals surface area contributed by atoms with Crippen LogP contribution in [0.25, 0.3) is 0 Å². The van der Waals surface area contributed by atoms with Gasteiger partial charge in [-0.05, 0) is 25.0 Å². The van der Waals surface area contributed by atoms with Crippen LogP contribution in [0.2, 0.25) is 0 Å². The van der Waals surface area contributed by atoms with Gasteiger partial charge in [0.05, 0.1) is 5.92 Å². The SMILES string of the molecule is O=S(=O)(c1ncccc1F)N1CCC(C(F)(F)F)CC1. The summed E-state index contributed by atoms with van der Waals surface area (Å²) >= 11 is 0. The molecule has 2 rings (SSSR count). The maximum atomic E-state index is 13.5. The maximum absolute atomic E-state index is 13.5. The molecule has 9 heteroatoms. The lowest BCUT2D eigenvalue weighted by molar-refractivity contribution is -0.182. The van der Waals surface area contributed by atoms with Gasteiger partial charge in [-0.15, -0.1) is 0 Å². The quantitative estimate of drug-likeness (QED) is 0.787. The molecule has 0 N–H and O–H groups in total. The molecule has 0 radical (unpaired) electrons. The molecule has 1 aromatic heterocycles. The molecule has 1 aliphatic heterocycles. The molecule has 0 aromatic carbocycles. The van der Waals surface area contributed by atoms with Crippen molar-refractivity contribution in [2.24, 2.45) is 5.92 Å². The molecule has 1 saturated heterocycles. The number of hydrogen-bond donors (Lipinski definition) is 0. The van der Waals surface area contributed by atoms with Crippen molar-refractivity contribution in [3.05, 3.63) is 24.1 Å². The van der Waals surface area contributed by atoms with Crippen LogP contribution in [0.1, 0.15) is 12.8 Å². The van der Waals surface area contributed by atoms with Crippen LogP contribution < -0.4 is 0 Å². The number of pyridine rings is 1. The molecule has 4 nitrogen and oxygen atoms in total. The van der Waals surface area contributed by atoms with Crippen molar-refractivity contribution in [3.8, 4) is 0 Å². The molecule has 1 fully saturated rings. The largest absolute Gasteiger partial charge is 0.391 e. The van der Waals surface area contributed by atoms with E-state index in [0.29, 0.717) is 0 Å². The van der Waals surface area contributed by atoms with E-state index in [4.69, 9.17) is 0 Å². The maximum Gasteiger partial charge on any atom is 0.391 e. The summed E-state index contributed by atoms with van der Waals surface area (Å²) in [6.07, 6.45) is -3.85. The van der Waals surface area contributed by atoms with Crippen LogP contribution in [0.5, 0.6) is 0 Å². The Bertz CT molecular complexity index is 580. The van der Waals surface area contributed by atoms with Gasteiger partial charge in [-0.25, -0.2) is 17.8 Å². The standard InChI is InChI=1S/C11H12F4N2O2S/c12-9-2-1-5-16-10(9)20(18,19)17-6-3-8(4-7-17)11(13,14)15/h1-2,5,8H,3-4,6-7H2. The van der Waals surface area contributed by atoms with Crippen LogP contribution in [-0.4, -0.2) is 37.0 Å². The number of piperidine rings is 1. The highest BCUT2D eigenvalue weighted by molar-refractivity contribution is 7.89. The number of aromatic nitrogens is 1. The van der Waals surface area contributed by atoms with Crippen LogP contribution in [0.15, 0.2) is 23.4 Å². The van der Waals surface area contributed by atoms with Gasteiger partial charge in [-0.3, -0.25) is 0 Å². The fourth-order valence-electron chi connectivity index (χ4n) is 2.11. The van der Waals surface area contributed by atoms with Crippen molar-refractivity contribution in [1.29, 1.82) is 0 Å². The highest BCUT2D eigenvalue weighted by atomic mass is 32.2. The summed E-state index contributed by atoms with van der Waals surface area (Å²) in [6, 6.07) is 2.19. The van der Waals surface area contributed by atoms with Crippen LogP contribution in [0.3, 0.4) is 0 Å². The van der Waals surface area contributed by atoms with Crippen molar-refractivity contribution in [2.45, 2.75) is 24.0 Å². The molecule has 0 atom stereocenters. The zero-order valence-corrected chi connectivity index (χ0v) is 11.1. The number of sulfonamides is 1. The zero-order valence-electron chi connectivity index (χ0n) is 10.3. The average molecular weight is 312 g/mol. The lowest BCUT2D eigenvalue weighted by Gasteiger charge is -2.31. The third-order valence-corrected chi connectivity index (χ3v) is 5.06. The minimum absolute atomic E-state index is 0.289. The average Bonchev–Trinajstić information content (AvgIpc) is 2.38. The predicted octanol–water partition coefficient (Wildman–Crippen LogP) is 2.18. The number of halogens is 4. The molecular weight excluding hydrogens is 300 g/mol. The van der Waals surface area contributed by atoms with Gasteiger partial charge in [0.25, 0.3) is 10.0 Å². The van der Waals surface area contributed by atoms with Crippen molar-refractivity contribution >= 4 is 10.0 Å². The second-order valence-electron chi connectivity index (χ2n) is 4.51. The molecule has 1 aromatic rings. The fraction of sp³-hybridized carbons (Fsp3) is 0.545. The second kappa shape index (κ2) is 5.28. The lowest BCUT2D eigenvalue weighted by Crippen LogP contribution is -2.42. The van der Waals surface area contributed by atoms with Gasteiger partial charge in [-0.1, -0.05) is 0 Å². The monoisotopic (exact) mass is 312 g/mol. The first-order chi connectivity index (χ1) is 9.23. The topological polar surface area (TPSA) is 50.3 Å². The molecule has 0 spiro atoms. The Morgan fingerprint density at radius 1 is 1.25 bits per heavy atom. The molecule has 20 heavy (non-hydrogen) atoms. The Balaban J connectivity index is 2.16. The first kappa shape index (κ1) is 15.2. The molecule has 1 aliphatic rings. The molecular formula is C11H12F4N2O2S. The minimum Gasteiger partial charge on any atom is -0.241 e. The summed E-state index contributed by atoms with van der Waals surface area (Å²) in [5, 5.41) is -0.745. The molecule has 0 aliphatic carbocycles. The molecule has 2 heterocycles. The summed E-state index contributed by atoms with van der Waals surface area (Å²) in [5.74, 6) is -2.52. The summed E-state index contributed by atoms with van der Waals surface area (Å²) in [7, 11) is -4.18. The molecule has 0 amide bonds. The van der Waals surface area contributed by atoms with E-state index < -0.39 is 33.0 Å². The van der Waals surface area contributed by atoms with Gasteiger partial charge < -0.3 is 0 Å². The first-order valence-electron chi connectivity index (χ1n) is 5.90. The van der Waals surface area contributed by atoms with E-state index in [1.807, 2.05) is 0 Å². The Morgan fingerprint density at radius 3 is 2.35 bits per heavy atom. The number of hydrogen-bond acceptors (Lipinski definition) is 3. The zero-order chi connectivity index (χ0) is 15.0. The number of rotatable bonds is 2. The molecule has 0 unspecified atom stereocenters. The van der Waals surface area contributed by atoms with Crippen molar-refractivity contribution < 1.29 is 26.0 Å². The van der Waals surface area contributed by atoms with Crippen molar-refractivity contribution in [2.75, 3.05) is 13.1 Å². The van der Waals surface area contributed by atoms with E-state index in [-0.39, 0.29) is 25.9 Å². The normalized spacial score (nSPS) is 19.2. The number of alkyl halides is 3. The Hall–Kier alpha value is -1.22.